The predicted molar refractivity (Wildman–Crippen MR) is 96.8 cm³/mol. The maximum atomic E-state index is 4.89. The highest BCUT2D eigenvalue weighted by Crippen LogP contribution is 2.15. The van der Waals surface area contributed by atoms with Crippen molar-refractivity contribution in [2.45, 2.75) is 54.0 Å². The average Bonchev–Trinajstić information content (AvgIpc) is 2.81. The first kappa shape index (κ1) is 17.8. The molecule has 1 aromatic rings. The summed E-state index contributed by atoms with van der Waals surface area (Å²) in [5.74, 6) is 2.32. The summed E-state index contributed by atoms with van der Waals surface area (Å²) in [5.41, 5.74) is 2.32. The third-order valence-electron chi connectivity index (χ3n) is 4.43. The predicted octanol–water partition coefficient (Wildman–Crippen LogP) is 2.83. The molecule has 0 radical (unpaired) electrons. The largest absolute Gasteiger partial charge is 0.357 e. The van der Waals surface area contributed by atoms with Crippen LogP contribution in [0.5, 0.6) is 0 Å². The third kappa shape index (κ3) is 5.26. The highest BCUT2D eigenvalue weighted by Gasteiger charge is 2.19. The lowest BCUT2D eigenvalue weighted by Crippen LogP contribution is -2.46. The van der Waals surface area contributed by atoms with E-state index in [2.05, 4.69) is 53.8 Å². The average molecular weight is 319 g/mol. The molecule has 0 saturated carbocycles. The van der Waals surface area contributed by atoms with Gasteiger partial charge in [0.25, 0.3) is 0 Å². The Morgan fingerprint density at radius 3 is 2.87 bits per heavy atom. The number of piperidine rings is 1. The van der Waals surface area contributed by atoms with E-state index in [1.54, 1.807) is 0 Å². The molecule has 1 aliphatic heterocycles. The number of hydrogen-bond donors (Lipinski definition) is 1. The molecule has 5 nitrogen and oxygen atoms in total. The Balaban J connectivity index is 1.94. The second kappa shape index (κ2) is 8.37. The molecule has 1 N–H and O–H groups in total. The van der Waals surface area contributed by atoms with Crippen molar-refractivity contribution in [1.29, 1.82) is 0 Å². The summed E-state index contributed by atoms with van der Waals surface area (Å²) in [6.07, 6.45) is 2.61. The minimum Gasteiger partial charge on any atom is -0.357 e. The van der Waals surface area contributed by atoms with Crippen molar-refractivity contribution in [2.24, 2.45) is 16.8 Å². The fraction of sp³-hybridized carbons (Fsp3) is 0.778. The summed E-state index contributed by atoms with van der Waals surface area (Å²) in [5, 5.41) is 8.02. The zero-order valence-corrected chi connectivity index (χ0v) is 15.5. The van der Waals surface area contributed by atoms with E-state index in [1.807, 2.05) is 6.92 Å². The Bertz CT molecular complexity index is 519. The van der Waals surface area contributed by atoms with Crippen LogP contribution in [0.1, 0.15) is 45.0 Å². The first-order valence-corrected chi connectivity index (χ1v) is 9.04. The van der Waals surface area contributed by atoms with Gasteiger partial charge in [-0.3, -0.25) is 9.67 Å². The molecule has 1 fully saturated rings. The zero-order valence-electron chi connectivity index (χ0n) is 15.5. The summed E-state index contributed by atoms with van der Waals surface area (Å²) < 4.78 is 2.10. The zero-order chi connectivity index (χ0) is 16.8. The van der Waals surface area contributed by atoms with Crippen molar-refractivity contribution in [3.05, 3.63) is 17.5 Å². The van der Waals surface area contributed by atoms with E-state index in [0.717, 1.165) is 50.3 Å². The Morgan fingerprint density at radius 2 is 2.26 bits per heavy atom. The van der Waals surface area contributed by atoms with E-state index in [-0.39, 0.29) is 0 Å². The highest BCUT2D eigenvalue weighted by molar-refractivity contribution is 5.80. The van der Waals surface area contributed by atoms with Gasteiger partial charge < -0.3 is 10.2 Å². The van der Waals surface area contributed by atoms with Crippen LogP contribution in [0.25, 0.3) is 0 Å². The van der Waals surface area contributed by atoms with E-state index >= 15 is 0 Å². The van der Waals surface area contributed by atoms with Gasteiger partial charge in [0.2, 0.25) is 0 Å². The van der Waals surface area contributed by atoms with Gasteiger partial charge in [0, 0.05) is 38.4 Å². The van der Waals surface area contributed by atoms with Crippen molar-refractivity contribution >= 4 is 5.96 Å². The molecule has 0 aliphatic carbocycles. The summed E-state index contributed by atoms with van der Waals surface area (Å²) in [4.78, 5) is 7.32. The van der Waals surface area contributed by atoms with Crippen LogP contribution in [-0.2, 0) is 6.54 Å². The number of nitrogens with one attached hydrogen (secondary N) is 1. The fourth-order valence-electron chi connectivity index (χ4n) is 3.26. The number of hydrogen-bond acceptors (Lipinski definition) is 2. The molecule has 1 saturated heterocycles. The lowest BCUT2D eigenvalue weighted by Gasteiger charge is -2.33. The maximum absolute atomic E-state index is 4.89. The van der Waals surface area contributed by atoms with Gasteiger partial charge in [0.15, 0.2) is 5.96 Å². The maximum Gasteiger partial charge on any atom is 0.193 e. The molecule has 1 aromatic heterocycles. The SMILES string of the molecule is CCNC(=NCC(C)Cn1nc(C)cc1C)N1CCCC(C)C1. The Morgan fingerprint density at radius 1 is 1.48 bits per heavy atom. The van der Waals surface area contributed by atoms with Gasteiger partial charge in [-0.05, 0) is 51.5 Å². The van der Waals surface area contributed by atoms with E-state index in [1.165, 1.54) is 18.5 Å². The molecule has 2 rings (SSSR count). The van der Waals surface area contributed by atoms with Gasteiger partial charge in [-0.1, -0.05) is 13.8 Å². The van der Waals surface area contributed by atoms with Crippen LogP contribution < -0.4 is 5.32 Å². The number of aryl methyl sites for hydroxylation is 2. The molecular formula is C18H33N5. The first-order chi connectivity index (χ1) is 11.0. The molecule has 130 valence electrons. The van der Waals surface area contributed by atoms with Gasteiger partial charge in [0.1, 0.15) is 0 Å². The van der Waals surface area contributed by atoms with Crippen LogP contribution in [-0.4, -0.2) is 46.8 Å². The fourth-order valence-corrected chi connectivity index (χ4v) is 3.26. The van der Waals surface area contributed by atoms with Crippen molar-refractivity contribution < 1.29 is 0 Å². The Kier molecular flexibility index (Phi) is 6.48. The standard InChI is InChI=1S/C18H33N5/c1-6-19-18(22-9-7-8-14(2)12-22)20-11-15(3)13-23-17(5)10-16(4)21-23/h10,14-15H,6-9,11-13H2,1-5H3,(H,19,20). The molecule has 1 aliphatic rings. The monoisotopic (exact) mass is 319 g/mol. The minimum absolute atomic E-state index is 0.476. The molecule has 0 spiro atoms. The second-order valence-electron chi connectivity index (χ2n) is 7.10. The smallest absolute Gasteiger partial charge is 0.193 e. The number of aromatic nitrogens is 2. The molecule has 23 heavy (non-hydrogen) atoms. The van der Waals surface area contributed by atoms with E-state index in [4.69, 9.17) is 4.99 Å². The van der Waals surface area contributed by atoms with Crippen molar-refractivity contribution in [3.63, 3.8) is 0 Å². The summed E-state index contributed by atoms with van der Waals surface area (Å²) in [7, 11) is 0. The number of rotatable bonds is 5. The van der Waals surface area contributed by atoms with Crippen LogP contribution in [0, 0.1) is 25.7 Å². The quantitative estimate of drug-likeness (QED) is 0.670. The van der Waals surface area contributed by atoms with Gasteiger partial charge >= 0.3 is 0 Å². The van der Waals surface area contributed by atoms with Crippen molar-refractivity contribution in [2.75, 3.05) is 26.2 Å². The molecule has 2 unspecified atom stereocenters. The van der Waals surface area contributed by atoms with Gasteiger partial charge in [0.05, 0.1) is 5.69 Å². The number of guanidine groups is 1. The van der Waals surface area contributed by atoms with Gasteiger partial charge in [-0.25, -0.2) is 0 Å². The van der Waals surface area contributed by atoms with E-state index in [9.17, 15) is 0 Å². The van der Waals surface area contributed by atoms with Gasteiger partial charge in [-0.2, -0.15) is 5.10 Å². The van der Waals surface area contributed by atoms with Crippen LogP contribution in [0.2, 0.25) is 0 Å². The summed E-state index contributed by atoms with van der Waals surface area (Å²) >= 11 is 0. The van der Waals surface area contributed by atoms with Crippen LogP contribution in [0.4, 0.5) is 0 Å². The molecule has 0 bridgehead atoms. The Labute approximate surface area is 141 Å². The highest BCUT2D eigenvalue weighted by atomic mass is 15.3. The molecular weight excluding hydrogens is 286 g/mol. The minimum atomic E-state index is 0.476. The summed E-state index contributed by atoms with van der Waals surface area (Å²) in [6.45, 7) is 15.8. The van der Waals surface area contributed by atoms with Crippen LogP contribution in [0.15, 0.2) is 11.1 Å². The number of likely N-dealkylation sites (tertiary alicyclic amines) is 1. The van der Waals surface area contributed by atoms with Crippen LogP contribution >= 0.6 is 0 Å². The first-order valence-electron chi connectivity index (χ1n) is 9.04. The lowest BCUT2D eigenvalue weighted by molar-refractivity contribution is 0.265. The lowest BCUT2D eigenvalue weighted by atomic mass is 10.0. The third-order valence-corrected chi connectivity index (χ3v) is 4.43. The number of aliphatic imine (C=N–C) groups is 1. The van der Waals surface area contributed by atoms with E-state index < -0.39 is 0 Å². The summed E-state index contributed by atoms with van der Waals surface area (Å²) in [6, 6.07) is 2.13. The molecule has 2 heterocycles. The molecule has 2 atom stereocenters. The van der Waals surface area contributed by atoms with Crippen LogP contribution in [0.3, 0.4) is 0 Å². The molecule has 5 heteroatoms. The second-order valence-corrected chi connectivity index (χ2v) is 7.10. The molecule has 0 amide bonds. The Hall–Kier alpha value is -1.52. The molecule has 0 aromatic carbocycles. The topological polar surface area (TPSA) is 45.5 Å². The normalized spacial score (nSPS) is 20.7. The van der Waals surface area contributed by atoms with Crippen molar-refractivity contribution in [1.82, 2.24) is 20.0 Å². The number of nitrogens with zero attached hydrogens (tertiary/aromatic N) is 4. The van der Waals surface area contributed by atoms with Crippen molar-refractivity contribution in [3.8, 4) is 0 Å². The van der Waals surface area contributed by atoms with E-state index in [0.29, 0.717) is 5.92 Å². The van der Waals surface area contributed by atoms with Gasteiger partial charge in [-0.15, -0.1) is 0 Å².